The van der Waals surface area contributed by atoms with Crippen molar-refractivity contribution in [1.82, 2.24) is 10.2 Å². The van der Waals surface area contributed by atoms with Crippen molar-refractivity contribution in [2.75, 3.05) is 27.2 Å². The van der Waals surface area contributed by atoms with Gasteiger partial charge in [0.05, 0.1) is 0 Å². The third-order valence-electron chi connectivity index (χ3n) is 3.00. The fourth-order valence-electron chi connectivity index (χ4n) is 1.94. The SMILES string of the molecule is CCCCC(NCCN(C)C)c1ccccc1. The summed E-state index contributed by atoms with van der Waals surface area (Å²) in [6.45, 7) is 4.40. The summed E-state index contributed by atoms with van der Waals surface area (Å²) in [7, 11) is 4.23. The molecule has 0 fully saturated rings. The Hall–Kier alpha value is -0.860. The molecule has 0 aromatic heterocycles. The lowest BCUT2D eigenvalue weighted by atomic mass is 10.0. The molecule has 2 heteroatoms. The second-order valence-electron chi connectivity index (χ2n) is 4.86. The molecule has 0 saturated heterocycles. The summed E-state index contributed by atoms with van der Waals surface area (Å²) in [6.07, 6.45) is 3.78. The van der Waals surface area contributed by atoms with E-state index in [2.05, 4.69) is 61.6 Å². The van der Waals surface area contributed by atoms with Crippen LogP contribution in [0.2, 0.25) is 0 Å². The van der Waals surface area contributed by atoms with Gasteiger partial charge in [0.1, 0.15) is 0 Å². The summed E-state index contributed by atoms with van der Waals surface area (Å²) in [4.78, 5) is 2.22. The Morgan fingerprint density at radius 3 is 2.47 bits per heavy atom. The van der Waals surface area contributed by atoms with E-state index < -0.39 is 0 Å². The molecule has 0 amide bonds. The molecule has 1 N–H and O–H groups in total. The first-order chi connectivity index (χ1) is 8.24. The summed E-state index contributed by atoms with van der Waals surface area (Å²) in [5.74, 6) is 0. The van der Waals surface area contributed by atoms with Crippen LogP contribution in [0.1, 0.15) is 37.8 Å². The van der Waals surface area contributed by atoms with E-state index in [1.807, 2.05) is 0 Å². The summed E-state index contributed by atoms with van der Waals surface area (Å²) >= 11 is 0. The third-order valence-corrected chi connectivity index (χ3v) is 3.00. The van der Waals surface area contributed by atoms with E-state index in [4.69, 9.17) is 0 Å². The van der Waals surface area contributed by atoms with E-state index in [1.165, 1.54) is 24.8 Å². The molecule has 1 atom stereocenters. The quantitative estimate of drug-likeness (QED) is 0.743. The van der Waals surface area contributed by atoms with Gasteiger partial charge in [0, 0.05) is 19.1 Å². The van der Waals surface area contributed by atoms with E-state index in [9.17, 15) is 0 Å². The number of hydrogen-bond acceptors (Lipinski definition) is 2. The Kier molecular flexibility index (Phi) is 6.90. The first-order valence-electron chi connectivity index (χ1n) is 6.67. The van der Waals surface area contributed by atoms with Crippen molar-refractivity contribution in [3.8, 4) is 0 Å². The van der Waals surface area contributed by atoms with E-state index >= 15 is 0 Å². The number of likely N-dealkylation sites (N-methyl/N-ethyl adjacent to an activating group) is 1. The lowest BCUT2D eigenvalue weighted by Gasteiger charge is -2.20. The highest BCUT2D eigenvalue weighted by molar-refractivity contribution is 5.18. The molecule has 0 aliphatic rings. The smallest absolute Gasteiger partial charge is 0.0320 e. The van der Waals surface area contributed by atoms with Crippen LogP contribution in [0.3, 0.4) is 0 Å². The Balaban J connectivity index is 2.48. The molecule has 0 saturated carbocycles. The van der Waals surface area contributed by atoms with Gasteiger partial charge in [-0.1, -0.05) is 50.1 Å². The van der Waals surface area contributed by atoms with Crippen molar-refractivity contribution in [2.45, 2.75) is 32.2 Å². The van der Waals surface area contributed by atoms with Gasteiger partial charge < -0.3 is 10.2 Å². The third kappa shape index (κ3) is 5.85. The molecule has 2 nitrogen and oxygen atoms in total. The highest BCUT2D eigenvalue weighted by Gasteiger charge is 2.09. The Morgan fingerprint density at radius 1 is 1.18 bits per heavy atom. The standard InChI is InChI=1S/C15H26N2/c1-4-5-11-15(16-12-13-17(2)3)14-9-7-6-8-10-14/h6-10,15-16H,4-5,11-13H2,1-3H3. The van der Waals surface area contributed by atoms with Crippen molar-refractivity contribution in [2.24, 2.45) is 0 Å². The predicted molar refractivity (Wildman–Crippen MR) is 75.3 cm³/mol. The summed E-state index contributed by atoms with van der Waals surface area (Å²) in [5, 5.41) is 3.66. The molecule has 0 aliphatic carbocycles. The maximum absolute atomic E-state index is 3.66. The molecule has 1 aromatic rings. The van der Waals surface area contributed by atoms with E-state index in [-0.39, 0.29) is 0 Å². The van der Waals surface area contributed by atoms with Crippen LogP contribution in [-0.4, -0.2) is 32.1 Å². The second-order valence-corrected chi connectivity index (χ2v) is 4.86. The first-order valence-corrected chi connectivity index (χ1v) is 6.67. The number of benzene rings is 1. The molecule has 0 bridgehead atoms. The van der Waals surface area contributed by atoms with Gasteiger partial charge in [0.25, 0.3) is 0 Å². The molecule has 0 spiro atoms. The summed E-state index contributed by atoms with van der Waals surface area (Å²) in [5.41, 5.74) is 1.42. The van der Waals surface area contributed by atoms with Crippen LogP contribution in [-0.2, 0) is 0 Å². The van der Waals surface area contributed by atoms with E-state index in [1.54, 1.807) is 0 Å². The fraction of sp³-hybridized carbons (Fsp3) is 0.600. The van der Waals surface area contributed by atoms with Crippen molar-refractivity contribution in [3.63, 3.8) is 0 Å². The molecule has 1 rings (SSSR count). The zero-order valence-corrected chi connectivity index (χ0v) is 11.4. The lowest BCUT2D eigenvalue weighted by Crippen LogP contribution is -2.29. The topological polar surface area (TPSA) is 15.3 Å². The molecule has 96 valence electrons. The molecular weight excluding hydrogens is 208 g/mol. The highest BCUT2D eigenvalue weighted by atomic mass is 15.1. The number of rotatable bonds is 8. The van der Waals surface area contributed by atoms with Crippen LogP contribution in [0.5, 0.6) is 0 Å². The van der Waals surface area contributed by atoms with Crippen molar-refractivity contribution < 1.29 is 0 Å². The summed E-state index contributed by atoms with van der Waals surface area (Å²) < 4.78 is 0. The second kappa shape index (κ2) is 8.26. The average molecular weight is 234 g/mol. The molecular formula is C15H26N2. The normalized spacial score (nSPS) is 12.9. The molecule has 1 aromatic carbocycles. The van der Waals surface area contributed by atoms with Crippen molar-refractivity contribution in [1.29, 1.82) is 0 Å². The number of nitrogens with one attached hydrogen (secondary N) is 1. The van der Waals surface area contributed by atoms with Crippen LogP contribution in [0.25, 0.3) is 0 Å². The van der Waals surface area contributed by atoms with Crippen LogP contribution < -0.4 is 5.32 Å². The number of nitrogens with zero attached hydrogens (tertiary/aromatic N) is 1. The van der Waals surface area contributed by atoms with Crippen LogP contribution in [0.4, 0.5) is 0 Å². The monoisotopic (exact) mass is 234 g/mol. The summed E-state index contributed by atoms with van der Waals surface area (Å²) in [6, 6.07) is 11.3. The lowest BCUT2D eigenvalue weighted by molar-refractivity contribution is 0.377. The van der Waals surface area contributed by atoms with Crippen LogP contribution in [0.15, 0.2) is 30.3 Å². The van der Waals surface area contributed by atoms with Gasteiger partial charge in [-0.3, -0.25) is 0 Å². The van der Waals surface area contributed by atoms with E-state index in [0.717, 1.165) is 13.1 Å². The van der Waals surface area contributed by atoms with Gasteiger partial charge in [-0.2, -0.15) is 0 Å². The fourth-order valence-corrected chi connectivity index (χ4v) is 1.94. The Bertz CT molecular complexity index is 282. The number of hydrogen-bond donors (Lipinski definition) is 1. The first kappa shape index (κ1) is 14.2. The minimum Gasteiger partial charge on any atom is -0.309 e. The molecule has 0 aliphatic heterocycles. The minimum absolute atomic E-state index is 0.510. The van der Waals surface area contributed by atoms with Gasteiger partial charge in [-0.25, -0.2) is 0 Å². The van der Waals surface area contributed by atoms with Crippen LogP contribution >= 0.6 is 0 Å². The van der Waals surface area contributed by atoms with Crippen molar-refractivity contribution in [3.05, 3.63) is 35.9 Å². The zero-order chi connectivity index (χ0) is 12.5. The Labute approximate surface area is 106 Å². The van der Waals surface area contributed by atoms with Gasteiger partial charge in [-0.15, -0.1) is 0 Å². The maximum atomic E-state index is 3.66. The maximum Gasteiger partial charge on any atom is 0.0320 e. The van der Waals surface area contributed by atoms with E-state index in [0.29, 0.717) is 6.04 Å². The largest absolute Gasteiger partial charge is 0.309 e. The highest BCUT2D eigenvalue weighted by Crippen LogP contribution is 2.18. The molecule has 0 heterocycles. The van der Waals surface area contributed by atoms with Gasteiger partial charge >= 0.3 is 0 Å². The molecule has 17 heavy (non-hydrogen) atoms. The minimum atomic E-state index is 0.510. The average Bonchev–Trinajstić information content (AvgIpc) is 2.34. The predicted octanol–water partition coefficient (Wildman–Crippen LogP) is 3.07. The van der Waals surface area contributed by atoms with Gasteiger partial charge in [0.15, 0.2) is 0 Å². The number of unbranched alkanes of at least 4 members (excludes halogenated alkanes) is 1. The van der Waals surface area contributed by atoms with Crippen LogP contribution in [0, 0.1) is 0 Å². The van der Waals surface area contributed by atoms with Gasteiger partial charge in [0.2, 0.25) is 0 Å². The van der Waals surface area contributed by atoms with Gasteiger partial charge in [-0.05, 0) is 26.1 Å². The molecule has 1 unspecified atom stereocenters. The zero-order valence-electron chi connectivity index (χ0n) is 11.4. The van der Waals surface area contributed by atoms with Crippen molar-refractivity contribution >= 4 is 0 Å². The molecule has 0 radical (unpaired) electrons. The Morgan fingerprint density at radius 2 is 1.88 bits per heavy atom.